The summed E-state index contributed by atoms with van der Waals surface area (Å²) in [7, 11) is 3.06. The minimum atomic E-state index is -0.381. The lowest BCUT2D eigenvalue weighted by atomic mass is 10.1. The van der Waals surface area contributed by atoms with Gasteiger partial charge in [0.1, 0.15) is 5.75 Å². The first-order chi connectivity index (χ1) is 8.13. The van der Waals surface area contributed by atoms with Gasteiger partial charge < -0.3 is 21.2 Å². The van der Waals surface area contributed by atoms with Crippen molar-refractivity contribution in [1.82, 2.24) is 5.32 Å². The molecule has 0 unspecified atom stereocenters. The molecule has 0 aliphatic carbocycles. The summed E-state index contributed by atoms with van der Waals surface area (Å²) in [5, 5.41) is 9.64. The van der Waals surface area contributed by atoms with Gasteiger partial charge in [0.05, 0.1) is 18.4 Å². The lowest BCUT2D eigenvalue weighted by Crippen LogP contribution is -2.23. The van der Waals surface area contributed by atoms with Crippen LogP contribution in [0.1, 0.15) is 5.56 Å². The summed E-state index contributed by atoms with van der Waals surface area (Å²) in [5.74, 6) is 0.325. The van der Waals surface area contributed by atoms with E-state index in [4.69, 9.17) is 15.9 Å². The Morgan fingerprint density at radius 3 is 2.41 bits per heavy atom. The van der Waals surface area contributed by atoms with Crippen LogP contribution in [0.4, 0.5) is 0 Å². The van der Waals surface area contributed by atoms with E-state index in [0.717, 1.165) is 6.21 Å². The standard InChI is InChI=1S/C12H15N3O2/c1-15-12(16)10(7-13)11(14)8-3-5-9(17-2)6-4-8/h3-7,13H,14H2,1-2H3,(H,15,16)/b11-10+,13-7?. The lowest BCUT2D eigenvalue weighted by Gasteiger charge is -2.07. The second-order valence-corrected chi connectivity index (χ2v) is 3.28. The molecule has 1 rings (SSSR count). The molecule has 0 heterocycles. The molecule has 0 bridgehead atoms. The topological polar surface area (TPSA) is 88.2 Å². The van der Waals surface area contributed by atoms with Gasteiger partial charge in [-0.25, -0.2) is 0 Å². The van der Waals surface area contributed by atoms with E-state index in [9.17, 15) is 4.79 Å². The molecule has 0 saturated carbocycles. The van der Waals surface area contributed by atoms with Crippen LogP contribution < -0.4 is 15.8 Å². The third kappa shape index (κ3) is 2.84. The molecule has 0 atom stereocenters. The highest BCUT2D eigenvalue weighted by molar-refractivity contribution is 6.17. The molecule has 0 aliphatic heterocycles. The molecule has 5 nitrogen and oxygen atoms in total. The van der Waals surface area contributed by atoms with E-state index in [2.05, 4.69) is 5.32 Å². The molecule has 0 aliphatic rings. The molecule has 0 saturated heterocycles. The predicted molar refractivity (Wildman–Crippen MR) is 67.0 cm³/mol. The van der Waals surface area contributed by atoms with Crippen LogP contribution in [0, 0.1) is 5.41 Å². The number of carbonyl (C=O) groups is 1. The summed E-state index contributed by atoms with van der Waals surface area (Å²) in [5.41, 5.74) is 6.92. The van der Waals surface area contributed by atoms with Crippen molar-refractivity contribution < 1.29 is 9.53 Å². The van der Waals surface area contributed by atoms with Crippen molar-refractivity contribution in [1.29, 1.82) is 5.41 Å². The third-order valence-electron chi connectivity index (χ3n) is 2.31. The number of nitrogens with two attached hydrogens (primary N) is 1. The average molecular weight is 233 g/mol. The maximum Gasteiger partial charge on any atom is 0.254 e. The molecule has 0 fully saturated rings. The molecule has 17 heavy (non-hydrogen) atoms. The zero-order valence-corrected chi connectivity index (χ0v) is 9.78. The van der Waals surface area contributed by atoms with Gasteiger partial charge in [-0.2, -0.15) is 0 Å². The number of hydrogen-bond acceptors (Lipinski definition) is 4. The Kier molecular flexibility index (Phi) is 4.28. The van der Waals surface area contributed by atoms with Crippen LogP contribution in [0.25, 0.3) is 5.70 Å². The number of rotatable bonds is 4. The van der Waals surface area contributed by atoms with Gasteiger partial charge in [0.2, 0.25) is 0 Å². The van der Waals surface area contributed by atoms with Crippen LogP contribution in [0.15, 0.2) is 29.8 Å². The lowest BCUT2D eigenvalue weighted by molar-refractivity contribution is -0.116. The van der Waals surface area contributed by atoms with Crippen LogP contribution >= 0.6 is 0 Å². The Hall–Kier alpha value is -2.30. The van der Waals surface area contributed by atoms with Gasteiger partial charge in [0, 0.05) is 13.3 Å². The summed E-state index contributed by atoms with van der Waals surface area (Å²) in [6.45, 7) is 0. The molecule has 0 spiro atoms. The van der Waals surface area contributed by atoms with Crippen LogP contribution in [-0.4, -0.2) is 26.3 Å². The number of nitrogens with one attached hydrogen (secondary N) is 2. The SMILES string of the molecule is CNC(=O)/C(C=N)=C(/N)c1ccc(OC)cc1. The predicted octanol–water partition coefficient (Wildman–Crippen LogP) is 0.761. The van der Waals surface area contributed by atoms with Crippen LogP contribution in [0.3, 0.4) is 0 Å². The second-order valence-electron chi connectivity index (χ2n) is 3.28. The third-order valence-corrected chi connectivity index (χ3v) is 2.31. The molecular formula is C12H15N3O2. The fourth-order valence-electron chi connectivity index (χ4n) is 1.33. The highest BCUT2D eigenvalue weighted by atomic mass is 16.5. The van der Waals surface area contributed by atoms with Crippen molar-refractivity contribution in [2.24, 2.45) is 5.73 Å². The molecule has 1 amide bonds. The minimum Gasteiger partial charge on any atom is -0.497 e. The Labute approximate surface area is 99.8 Å². The Balaban J connectivity index is 3.15. The fourth-order valence-corrected chi connectivity index (χ4v) is 1.33. The maximum absolute atomic E-state index is 11.5. The van der Waals surface area contributed by atoms with E-state index in [-0.39, 0.29) is 17.2 Å². The Morgan fingerprint density at radius 2 is 2.00 bits per heavy atom. The van der Waals surface area contributed by atoms with Crippen molar-refractivity contribution in [2.45, 2.75) is 0 Å². The number of amides is 1. The molecular weight excluding hydrogens is 218 g/mol. The number of benzene rings is 1. The van der Waals surface area contributed by atoms with Crippen molar-refractivity contribution >= 4 is 17.8 Å². The molecule has 1 aromatic rings. The van der Waals surface area contributed by atoms with Crippen molar-refractivity contribution in [3.8, 4) is 5.75 Å². The summed E-state index contributed by atoms with van der Waals surface area (Å²) < 4.78 is 5.02. The van der Waals surface area contributed by atoms with Crippen LogP contribution in [0.2, 0.25) is 0 Å². The molecule has 4 N–H and O–H groups in total. The van der Waals surface area contributed by atoms with Crippen LogP contribution in [-0.2, 0) is 4.79 Å². The molecule has 5 heteroatoms. The van der Waals surface area contributed by atoms with Gasteiger partial charge in [0.25, 0.3) is 5.91 Å². The summed E-state index contributed by atoms with van der Waals surface area (Å²) in [6, 6.07) is 6.96. The number of carbonyl (C=O) groups excluding carboxylic acids is 1. The second kappa shape index (κ2) is 5.69. The van der Waals surface area contributed by atoms with E-state index in [1.165, 1.54) is 7.05 Å². The van der Waals surface area contributed by atoms with E-state index in [1.807, 2.05) is 0 Å². The molecule has 0 aromatic heterocycles. The van der Waals surface area contributed by atoms with Crippen molar-refractivity contribution in [3.05, 3.63) is 35.4 Å². The van der Waals surface area contributed by atoms with Crippen molar-refractivity contribution in [3.63, 3.8) is 0 Å². The number of likely N-dealkylation sites (N-methyl/N-ethyl adjacent to an activating group) is 1. The minimum absolute atomic E-state index is 0.137. The van der Waals surface area contributed by atoms with Gasteiger partial charge >= 0.3 is 0 Å². The summed E-state index contributed by atoms with van der Waals surface area (Å²) in [4.78, 5) is 11.5. The van der Waals surface area contributed by atoms with Gasteiger partial charge in [-0.05, 0) is 29.8 Å². The zero-order valence-electron chi connectivity index (χ0n) is 9.78. The number of hydrogen-bond donors (Lipinski definition) is 3. The molecule has 1 aromatic carbocycles. The number of methoxy groups -OCH3 is 1. The largest absolute Gasteiger partial charge is 0.497 e. The zero-order chi connectivity index (χ0) is 12.8. The highest BCUT2D eigenvalue weighted by Gasteiger charge is 2.10. The van der Waals surface area contributed by atoms with Gasteiger partial charge in [-0.1, -0.05) is 0 Å². The van der Waals surface area contributed by atoms with E-state index >= 15 is 0 Å². The monoisotopic (exact) mass is 233 g/mol. The highest BCUT2D eigenvalue weighted by Crippen LogP contribution is 2.17. The smallest absolute Gasteiger partial charge is 0.254 e. The van der Waals surface area contributed by atoms with E-state index in [1.54, 1.807) is 31.4 Å². The molecule has 0 radical (unpaired) electrons. The first-order valence-corrected chi connectivity index (χ1v) is 5.00. The van der Waals surface area contributed by atoms with Gasteiger partial charge in [-0.3, -0.25) is 4.79 Å². The first kappa shape index (κ1) is 12.8. The summed E-state index contributed by atoms with van der Waals surface area (Å²) >= 11 is 0. The average Bonchev–Trinajstić information content (AvgIpc) is 2.39. The summed E-state index contributed by atoms with van der Waals surface area (Å²) in [6.07, 6.45) is 0.943. The Bertz CT molecular complexity index is 449. The van der Waals surface area contributed by atoms with Gasteiger partial charge in [0.15, 0.2) is 0 Å². The van der Waals surface area contributed by atoms with E-state index in [0.29, 0.717) is 11.3 Å². The maximum atomic E-state index is 11.5. The quantitative estimate of drug-likeness (QED) is 0.530. The van der Waals surface area contributed by atoms with Crippen LogP contribution in [0.5, 0.6) is 5.75 Å². The first-order valence-electron chi connectivity index (χ1n) is 5.00. The normalized spacial score (nSPS) is 11.4. The number of ether oxygens (including phenoxy) is 1. The molecule has 90 valence electrons. The van der Waals surface area contributed by atoms with Gasteiger partial charge in [-0.15, -0.1) is 0 Å². The van der Waals surface area contributed by atoms with E-state index < -0.39 is 0 Å². The van der Waals surface area contributed by atoms with Crippen molar-refractivity contribution in [2.75, 3.05) is 14.2 Å². The Morgan fingerprint density at radius 1 is 1.41 bits per heavy atom. The fraction of sp³-hybridized carbons (Fsp3) is 0.167.